The molecular weight excluding hydrogens is 198 g/mol. The third kappa shape index (κ3) is 2.12. The first kappa shape index (κ1) is 9.23. The van der Waals surface area contributed by atoms with Crippen molar-refractivity contribution in [3.05, 3.63) is 35.2 Å². The molecule has 2 aromatic rings. The lowest BCUT2D eigenvalue weighted by atomic mass is 10.4. The molecular formula is C9H11N3OS. The van der Waals surface area contributed by atoms with E-state index in [1.54, 1.807) is 23.8 Å². The Kier molecular flexibility index (Phi) is 2.81. The molecule has 0 bridgehead atoms. The largest absolute Gasteiger partial charge is 0.467 e. The van der Waals surface area contributed by atoms with Crippen LogP contribution in [0.4, 0.5) is 5.13 Å². The molecule has 0 aliphatic heterocycles. The Morgan fingerprint density at radius 1 is 1.57 bits per heavy atom. The van der Waals surface area contributed by atoms with Crippen molar-refractivity contribution in [3.8, 4) is 0 Å². The van der Waals surface area contributed by atoms with Crippen molar-refractivity contribution in [1.82, 2.24) is 4.98 Å². The minimum atomic E-state index is 0.542. The molecule has 0 aliphatic rings. The SMILES string of the molecule is NCc1cnc(NCc2ccco2)s1. The Balaban J connectivity index is 1.92. The fraction of sp³-hybridized carbons (Fsp3) is 0.222. The lowest BCUT2D eigenvalue weighted by molar-refractivity contribution is 0.518. The van der Waals surface area contributed by atoms with Gasteiger partial charge in [0, 0.05) is 17.6 Å². The number of rotatable bonds is 4. The highest BCUT2D eigenvalue weighted by Crippen LogP contribution is 2.17. The van der Waals surface area contributed by atoms with Gasteiger partial charge in [-0.3, -0.25) is 0 Å². The molecule has 3 N–H and O–H groups in total. The highest BCUT2D eigenvalue weighted by molar-refractivity contribution is 7.15. The van der Waals surface area contributed by atoms with Gasteiger partial charge >= 0.3 is 0 Å². The maximum Gasteiger partial charge on any atom is 0.183 e. The van der Waals surface area contributed by atoms with E-state index in [9.17, 15) is 0 Å². The van der Waals surface area contributed by atoms with Crippen LogP contribution in [-0.4, -0.2) is 4.98 Å². The van der Waals surface area contributed by atoms with Gasteiger partial charge in [-0.2, -0.15) is 0 Å². The van der Waals surface area contributed by atoms with Crippen molar-refractivity contribution in [2.75, 3.05) is 5.32 Å². The zero-order valence-corrected chi connectivity index (χ0v) is 8.38. The van der Waals surface area contributed by atoms with E-state index in [0.717, 1.165) is 15.8 Å². The van der Waals surface area contributed by atoms with Crippen molar-refractivity contribution < 1.29 is 4.42 Å². The lowest BCUT2D eigenvalue weighted by Crippen LogP contribution is -1.96. The van der Waals surface area contributed by atoms with Gasteiger partial charge in [0.2, 0.25) is 0 Å². The summed E-state index contributed by atoms with van der Waals surface area (Å²) in [5.74, 6) is 0.898. The highest BCUT2D eigenvalue weighted by Gasteiger charge is 2.00. The van der Waals surface area contributed by atoms with E-state index in [1.807, 2.05) is 12.1 Å². The van der Waals surface area contributed by atoms with Gasteiger partial charge in [-0.25, -0.2) is 4.98 Å². The molecule has 74 valence electrons. The molecule has 2 heterocycles. The molecule has 4 nitrogen and oxygen atoms in total. The van der Waals surface area contributed by atoms with Gasteiger partial charge in [-0.05, 0) is 12.1 Å². The molecule has 5 heteroatoms. The molecule has 2 aromatic heterocycles. The minimum Gasteiger partial charge on any atom is -0.467 e. The van der Waals surface area contributed by atoms with Crippen LogP contribution >= 0.6 is 11.3 Å². The number of hydrogen-bond donors (Lipinski definition) is 2. The van der Waals surface area contributed by atoms with Crippen LogP contribution in [0, 0.1) is 0 Å². The van der Waals surface area contributed by atoms with E-state index in [1.165, 1.54) is 0 Å². The summed E-state index contributed by atoms with van der Waals surface area (Å²) in [6, 6.07) is 3.79. The summed E-state index contributed by atoms with van der Waals surface area (Å²) < 4.78 is 5.18. The fourth-order valence-corrected chi connectivity index (χ4v) is 1.75. The lowest BCUT2D eigenvalue weighted by Gasteiger charge is -1.97. The molecule has 0 fully saturated rings. The van der Waals surface area contributed by atoms with Crippen molar-refractivity contribution in [1.29, 1.82) is 0 Å². The number of hydrogen-bond acceptors (Lipinski definition) is 5. The Bertz CT molecular complexity index is 382. The number of anilines is 1. The number of nitrogens with one attached hydrogen (secondary N) is 1. The van der Waals surface area contributed by atoms with E-state index < -0.39 is 0 Å². The highest BCUT2D eigenvalue weighted by atomic mass is 32.1. The number of thiazole rings is 1. The zero-order valence-electron chi connectivity index (χ0n) is 7.56. The van der Waals surface area contributed by atoms with Crippen LogP contribution in [0.3, 0.4) is 0 Å². The minimum absolute atomic E-state index is 0.542. The number of nitrogens with two attached hydrogens (primary N) is 1. The number of furan rings is 1. The Morgan fingerprint density at radius 2 is 2.50 bits per heavy atom. The van der Waals surface area contributed by atoms with Crippen molar-refractivity contribution in [2.24, 2.45) is 5.73 Å². The molecule has 0 spiro atoms. The molecule has 2 rings (SSSR count). The predicted octanol–water partition coefficient (Wildman–Crippen LogP) is 1.81. The quantitative estimate of drug-likeness (QED) is 0.806. The first-order valence-corrected chi connectivity index (χ1v) is 5.11. The van der Waals surface area contributed by atoms with E-state index >= 15 is 0 Å². The number of nitrogens with zero attached hydrogens (tertiary/aromatic N) is 1. The second-order valence-electron chi connectivity index (χ2n) is 2.77. The van der Waals surface area contributed by atoms with Gasteiger partial charge in [0.15, 0.2) is 5.13 Å². The average Bonchev–Trinajstić information content (AvgIpc) is 2.86. The van der Waals surface area contributed by atoms with Gasteiger partial charge < -0.3 is 15.5 Å². The van der Waals surface area contributed by atoms with Crippen molar-refractivity contribution in [2.45, 2.75) is 13.1 Å². The summed E-state index contributed by atoms with van der Waals surface area (Å²) >= 11 is 1.57. The van der Waals surface area contributed by atoms with Crippen LogP contribution < -0.4 is 11.1 Å². The second kappa shape index (κ2) is 4.26. The Labute approximate surface area is 85.8 Å². The molecule has 0 amide bonds. The van der Waals surface area contributed by atoms with Gasteiger partial charge in [0.05, 0.1) is 12.8 Å². The maximum absolute atomic E-state index is 5.48. The molecule has 0 saturated carbocycles. The van der Waals surface area contributed by atoms with E-state index in [0.29, 0.717) is 13.1 Å². The van der Waals surface area contributed by atoms with Crippen molar-refractivity contribution in [3.63, 3.8) is 0 Å². The maximum atomic E-state index is 5.48. The normalized spacial score (nSPS) is 10.4. The van der Waals surface area contributed by atoms with Gasteiger partial charge in [0.1, 0.15) is 5.76 Å². The zero-order chi connectivity index (χ0) is 9.80. The van der Waals surface area contributed by atoms with Crippen LogP contribution in [0.5, 0.6) is 0 Å². The summed E-state index contributed by atoms with van der Waals surface area (Å²) in [4.78, 5) is 5.25. The second-order valence-corrected chi connectivity index (χ2v) is 3.88. The summed E-state index contributed by atoms with van der Waals surface area (Å²) in [7, 11) is 0. The monoisotopic (exact) mass is 209 g/mol. The Hall–Kier alpha value is -1.33. The Morgan fingerprint density at radius 3 is 3.14 bits per heavy atom. The number of aromatic nitrogens is 1. The van der Waals surface area contributed by atoms with E-state index in [4.69, 9.17) is 10.2 Å². The van der Waals surface area contributed by atoms with Crippen LogP contribution in [-0.2, 0) is 13.1 Å². The molecule has 0 saturated heterocycles. The van der Waals surface area contributed by atoms with E-state index in [-0.39, 0.29) is 0 Å². The van der Waals surface area contributed by atoms with Gasteiger partial charge in [-0.1, -0.05) is 0 Å². The topological polar surface area (TPSA) is 64.1 Å². The molecule has 0 unspecified atom stereocenters. The third-order valence-corrected chi connectivity index (χ3v) is 2.73. The van der Waals surface area contributed by atoms with E-state index in [2.05, 4.69) is 10.3 Å². The van der Waals surface area contributed by atoms with Crippen molar-refractivity contribution >= 4 is 16.5 Å². The van der Waals surface area contributed by atoms with Crippen LogP contribution in [0.1, 0.15) is 10.6 Å². The third-order valence-electron chi connectivity index (χ3n) is 1.75. The molecule has 0 aliphatic carbocycles. The first-order valence-electron chi connectivity index (χ1n) is 4.29. The summed E-state index contributed by atoms with van der Waals surface area (Å²) in [5, 5.41) is 4.04. The fourth-order valence-electron chi connectivity index (χ4n) is 1.06. The molecule has 0 aromatic carbocycles. The first-order chi connectivity index (χ1) is 6.88. The smallest absolute Gasteiger partial charge is 0.183 e. The molecule has 0 radical (unpaired) electrons. The predicted molar refractivity (Wildman–Crippen MR) is 56.0 cm³/mol. The van der Waals surface area contributed by atoms with Gasteiger partial charge in [-0.15, -0.1) is 11.3 Å². The summed E-state index contributed by atoms with van der Waals surface area (Å²) in [6.45, 7) is 1.20. The molecule has 0 atom stereocenters. The van der Waals surface area contributed by atoms with Crippen LogP contribution in [0.15, 0.2) is 29.0 Å². The summed E-state index contributed by atoms with van der Waals surface area (Å²) in [5.41, 5.74) is 5.48. The molecule has 14 heavy (non-hydrogen) atoms. The van der Waals surface area contributed by atoms with Crippen LogP contribution in [0.25, 0.3) is 0 Å². The van der Waals surface area contributed by atoms with Crippen LogP contribution in [0.2, 0.25) is 0 Å². The van der Waals surface area contributed by atoms with Gasteiger partial charge in [0.25, 0.3) is 0 Å². The standard InChI is InChI=1S/C9H11N3OS/c10-4-8-6-12-9(14-8)11-5-7-2-1-3-13-7/h1-3,6H,4-5,10H2,(H,11,12). The summed E-state index contributed by atoms with van der Waals surface area (Å²) in [6.07, 6.45) is 3.44. The average molecular weight is 209 g/mol.